The van der Waals surface area contributed by atoms with Crippen LogP contribution >= 0.6 is 0 Å². The zero-order valence-electron chi connectivity index (χ0n) is 15.2. The molecule has 0 fully saturated rings. The van der Waals surface area contributed by atoms with E-state index in [1.54, 1.807) is 12.1 Å². The summed E-state index contributed by atoms with van der Waals surface area (Å²) in [5.74, 6) is 0.550. The lowest BCUT2D eigenvalue weighted by atomic mass is 10.2. The Bertz CT molecular complexity index is 888. The third-order valence-corrected chi connectivity index (χ3v) is 3.97. The van der Waals surface area contributed by atoms with Crippen LogP contribution in [0.25, 0.3) is 5.65 Å². The number of pyridine rings is 1. The van der Waals surface area contributed by atoms with Crippen molar-refractivity contribution in [2.24, 2.45) is 0 Å². The lowest BCUT2D eigenvalue weighted by Crippen LogP contribution is -2.31. The first-order valence-electron chi connectivity index (χ1n) is 8.81. The minimum Gasteiger partial charge on any atom is -0.487 e. The molecule has 0 unspecified atom stereocenters. The number of hydrogen-bond donors (Lipinski definition) is 2. The summed E-state index contributed by atoms with van der Waals surface area (Å²) < 4.78 is 7.81. The fraction of sp³-hybridized carbons (Fsp3) is 0.300. The van der Waals surface area contributed by atoms with Crippen molar-refractivity contribution in [3.8, 4) is 5.75 Å². The van der Waals surface area contributed by atoms with Crippen LogP contribution in [0.1, 0.15) is 28.5 Å². The molecule has 0 aliphatic heterocycles. The van der Waals surface area contributed by atoms with Crippen LogP contribution in [0.3, 0.4) is 0 Å². The molecule has 6 heteroatoms. The monoisotopic (exact) mass is 352 g/mol. The number of nitrogens with one attached hydrogen (secondary N) is 2. The average Bonchev–Trinajstić information content (AvgIpc) is 3.05. The Morgan fingerprint density at radius 3 is 2.92 bits per heavy atom. The zero-order chi connectivity index (χ0) is 18.4. The van der Waals surface area contributed by atoms with Gasteiger partial charge in [0.15, 0.2) is 0 Å². The molecule has 26 heavy (non-hydrogen) atoms. The quantitative estimate of drug-likeness (QED) is 0.612. The van der Waals surface area contributed by atoms with E-state index < -0.39 is 0 Å². The predicted octanol–water partition coefficient (Wildman–Crippen LogP) is 2.56. The van der Waals surface area contributed by atoms with E-state index >= 15 is 0 Å². The van der Waals surface area contributed by atoms with E-state index in [1.165, 1.54) is 5.56 Å². The van der Waals surface area contributed by atoms with Gasteiger partial charge in [-0.15, -0.1) is 0 Å². The van der Waals surface area contributed by atoms with E-state index in [4.69, 9.17) is 4.74 Å². The maximum atomic E-state index is 12.2. The van der Waals surface area contributed by atoms with Crippen LogP contribution in [0.4, 0.5) is 0 Å². The molecule has 0 bridgehead atoms. The van der Waals surface area contributed by atoms with Gasteiger partial charge in [0.1, 0.15) is 18.0 Å². The Labute approximate surface area is 153 Å². The Kier molecular flexibility index (Phi) is 5.86. The van der Waals surface area contributed by atoms with Crippen molar-refractivity contribution in [1.82, 2.24) is 20.0 Å². The molecule has 2 heterocycles. The van der Waals surface area contributed by atoms with Gasteiger partial charge in [0.25, 0.3) is 5.91 Å². The highest BCUT2D eigenvalue weighted by Crippen LogP contribution is 2.16. The average molecular weight is 352 g/mol. The molecule has 136 valence electrons. The number of aromatic nitrogens is 2. The minimum absolute atomic E-state index is 0.100. The Balaban J connectivity index is 1.60. The molecule has 0 aliphatic carbocycles. The second kappa shape index (κ2) is 8.49. The number of ether oxygens (including phenoxy) is 1. The van der Waals surface area contributed by atoms with E-state index in [2.05, 4.69) is 15.6 Å². The summed E-state index contributed by atoms with van der Waals surface area (Å²) in [6, 6.07) is 11.2. The molecule has 0 radical (unpaired) electrons. The SMILES string of the molecule is CCNCCNC(=O)c1cccc(OCc2cn3cc(C)ccc3n2)c1. The number of aryl methyl sites for hydroxylation is 1. The molecule has 0 atom stereocenters. The highest BCUT2D eigenvalue weighted by molar-refractivity contribution is 5.94. The summed E-state index contributed by atoms with van der Waals surface area (Å²) in [4.78, 5) is 16.7. The highest BCUT2D eigenvalue weighted by Gasteiger charge is 2.07. The Hall–Kier alpha value is -2.86. The third kappa shape index (κ3) is 4.61. The summed E-state index contributed by atoms with van der Waals surface area (Å²) in [5.41, 5.74) is 3.50. The Morgan fingerprint density at radius 1 is 1.19 bits per heavy atom. The largest absolute Gasteiger partial charge is 0.487 e. The fourth-order valence-corrected chi connectivity index (χ4v) is 2.65. The molecule has 1 amide bonds. The molecule has 3 rings (SSSR count). The fourth-order valence-electron chi connectivity index (χ4n) is 2.65. The molecular formula is C20H24N4O2. The lowest BCUT2D eigenvalue weighted by Gasteiger charge is -2.08. The summed E-state index contributed by atoms with van der Waals surface area (Å²) in [5, 5.41) is 6.06. The van der Waals surface area contributed by atoms with Gasteiger partial charge in [-0.3, -0.25) is 4.79 Å². The summed E-state index contributed by atoms with van der Waals surface area (Å²) in [6.45, 7) is 6.68. The van der Waals surface area contributed by atoms with Gasteiger partial charge in [0.2, 0.25) is 0 Å². The van der Waals surface area contributed by atoms with Gasteiger partial charge in [0, 0.05) is 31.0 Å². The van der Waals surface area contributed by atoms with Crippen LogP contribution < -0.4 is 15.4 Å². The number of rotatable bonds is 8. The molecule has 0 saturated carbocycles. The van der Waals surface area contributed by atoms with Crippen molar-refractivity contribution < 1.29 is 9.53 Å². The van der Waals surface area contributed by atoms with Crippen LogP contribution in [-0.2, 0) is 6.61 Å². The van der Waals surface area contributed by atoms with Crippen molar-refractivity contribution in [3.05, 3.63) is 65.6 Å². The number of nitrogens with zero attached hydrogens (tertiary/aromatic N) is 2. The first-order chi connectivity index (χ1) is 12.7. The number of amides is 1. The number of benzene rings is 1. The van der Waals surface area contributed by atoms with Gasteiger partial charge >= 0.3 is 0 Å². The minimum atomic E-state index is -0.100. The zero-order valence-corrected chi connectivity index (χ0v) is 15.2. The van der Waals surface area contributed by atoms with E-state index in [1.807, 2.05) is 54.9 Å². The first-order valence-corrected chi connectivity index (χ1v) is 8.81. The van der Waals surface area contributed by atoms with E-state index in [-0.39, 0.29) is 5.91 Å². The highest BCUT2D eigenvalue weighted by atomic mass is 16.5. The van der Waals surface area contributed by atoms with Gasteiger partial charge in [0.05, 0.1) is 5.69 Å². The number of imidazole rings is 1. The van der Waals surface area contributed by atoms with Crippen molar-refractivity contribution in [2.45, 2.75) is 20.5 Å². The Morgan fingerprint density at radius 2 is 2.08 bits per heavy atom. The third-order valence-electron chi connectivity index (χ3n) is 3.97. The lowest BCUT2D eigenvalue weighted by molar-refractivity contribution is 0.0953. The van der Waals surface area contributed by atoms with E-state index in [9.17, 15) is 4.79 Å². The molecule has 2 aromatic heterocycles. The topological polar surface area (TPSA) is 67.7 Å². The van der Waals surface area contributed by atoms with E-state index in [0.29, 0.717) is 24.5 Å². The summed E-state index contributed by atoms with van der Waals surface area (Å²) in [7, 11) is 0. The van der Waals surface area contributed by atoms with Crippen LogP contribution in [0.2, 0.25) is 0 Å². The molecule has 2 N–H and O–H groups in total. The van der Waals surface area contributed by atoms with Crippen molar-refractivity contribution in [2.75, 3.05) is 19.6 Å². The summed E-state index contributed by atoms with van der Waals surface area (Å²) in [6.07, 6.45) is 3.99. The first kappa shape index (κ1) is 17.9. The van der Waals surface area contributed by atoms with Crippen LogP contribution in [0.15, 0.2) is 48.8 Å². The standard InChI is InChI=1S/C20H24N4O2/c1-3-21-9-10-22-20(25)16-5-4-6-18(11-16)26-14-17-13-24-12-15(2)7-8-19(24)23-17/h4-8,11-13,21H,3,9-10,14H2,1-2H3,(H,22,25). The smallest absolute Gasteiger partial charge is 0.251 e. The van der Waals surface area contributed by atoms with Gasteiger partial charge in [-0.25, -0.2) is 4.98 Å². The molecule has 1 aromatic carbocycles. The molecule has 3 aromatic rings. The van der Waals surface area contributed by atoms with Gasteiger partial charge < -0.3 is 19.8 Å². The van der Waals surface area contributed by atoms with E-state index in [0.717, 1.165) is 24.4 Å². The number of carbonyl (C=O) groups excluding carboxylic acids is 1. The maximum absolute atomic E-state index is 12.2. The van der Waals surface area contributed by atoms with Crippen molar-refractivity contribution >= 4 is 11.6 Å². The van der Waals surface area contributed by atoms with Crippen molar-refractivity contribution in [1.29, 1.82) is 0 Å². The van der Waals surface area contributed by atoms with Crippen LogP contribution in [-0.4, -0.2) is 34.9 Å². The van der Waals surface area contributed by atoms with Crippen molar-refractivity contribution in [3.63, 3.8) is 0 Å². The normalized spacial score (nSPS) is 10.8. The number of carbonyl (C=O) groups is 1. The summed E-state index contributed by atoms with van der Waals surface area (Å²) >= 11 is 0. The van der Waals surface area contributed by atoms with Gasteiger partial charge in [-0.1, -0.05) is 19.1 Å². The number of fused-ring (bicyclic) bond motifs is 1. The van der Waals surface area contributed by atoms with Gasteiger partial charge in [-0.2, -0.15) is 0 Å². The van der Waals surface area contributed by atoms with Crippen LogP contribution in [0, 0.1) is 6.92 Å². The number of hydrogen-bond acceptors (Lipinski definition) is 4. The molecular weight excluding hydrogens is 328 g/mol. The second-order valence-electron chi connectivity index (χ2n) is 6.13. The maximum Gasteiger partial charge on any atom is 0.251 e. The predicted molar refractivity (Wildman–Crippen MR) is 102 cm³/mol. The second-order valence-corrected chi connectivity index (χ2v) is 6.13. The molecule has 6 nitrogen and oxygen atoms in total. The molecule has 0 saturated heterocycles. The number of likely N-dealkylation sites (N-methyl/N-ethyl adjacent to an activating group) is 1. The van der Waals surface area contributed by atoms with Gasteiger partial charge in [-0.05, 0) is 43.3 Å². The van der Waals surface area contributed by atoms with Crippen LogP contribution in [0.5, 0.6) is 5.75 Å². The molecule has 0 aliphatic rings. The molecule has 0 spiro atoms.